The Bertz CT molecular complexity index is 808. The van der Waals surface area contributed by atoms with Crippen molar-refractivity contribution in [1.82, 2.24) is 0 Å². The van der Waals surface area contributed by atoms with Crippen LogP contribution in [0, 0.1) is 33.3 Å². The Hall–Kier alpha value is -2.50. The Morgan fingerprint density at radius 1 is 1.18 bits per heavy atom. The number of rotatable bonds is 6. The summed E-state index contributed by atoms with van der Waals surface area (Å²) in [6, 6.07) is 6.00. The number of hydrogen-bond acceptors (Lipinski definition) is 5. The van der Waals surface area contributed by atoms with Gasteiger partial charge in [0.2, 0.25) is 0 Å². The van der Waals surface area contributed by atoms with Gasteiger partial charge < -0.3 is 4.74 Å². The van der Waals surface area contributed by atoms with Crippen molar-refractivity contribution in [1.29, 1.82) is 0 Å². The minimum absolute atomic E-state index is 0.0409. The topological polar surface area (TPSA) is 86.5 Å². The summed E-state index contributed by atoms with van der Waals surface area (Å²) in [7, 11) is 0. The Balaban J connectivity index is 1.39. The van der Waals surface area contributed by atoms with Gasteiger partial charge in [0, 0.05) is 23.6 Å². The molecule has 0 unspecified atom stereocenters. The molecule has 0 saturated heterocycles. The number of nitro benzene ring substituents is 1. The van der Waals surface area contributed by atoms with Crippen LogP contribution in [0.2, 0.25) is 0 Å². The van der Waals surface area contributed by atoms with Crippen molar-refractivity contribution in [2.75, 3.05) is 0 Å². The molecule has 6 heteroatoms. The summed E-state index contributed by atoms with van der Waals surface area (Å²) < 4.78 is 5.39. The molecule has 4 aliphatic carbocycles. The van der Waals surface area contributed by atoms with Gasteiger partial charge in [-0.15, -0.1) is 0 Å². The number of nitro groups is 1. The molecule has 148 valence electrons. The number of non-ortho nitro benzene ring substituents is 1. The predicted octanol–water partition coefficient (Wildman–Crippen LogP) is 4.33. The third-order valence-electron chi connectivity index (χ3n) is 6.72. The summed E-state index contributed by atoms with van der Waals surface area (Å²) >= 11 is 0. The third kappa shape index (κ3) is 3.60. The summed E-state index contributed by atoms with van der Waals surface area (Å²) in [4.78, 5) is 35.7. The van der Waals surface area contributed by atoms with Crippen molar-refractivity contribution in [3.63, 3.8) is 0 Å². The fourth-order valence-corrected chi connectivity index (χ4v) is 6.02. The highest BCUT2D eigenvalue weighted by molar-refractivity contribution is 5.93. The molecular weight excluding hydrogens is 358 g/mol. The number of benzene rings is 1. The number of ether oxygens (including phenoxy) is 1. The second kappa shape index (κ2) is 7.15. The maximum atomic E-state index is 13.1. The number of esters is 1. The molecule has 28 heavy (non-hydrogen) atoms. The lowest BCUT2D eigenvalue weighted by Gasteiger charge is -2.56. The molecule has 4 fully saturated rings. The van der Waals surface area contributed by atoms with Crippen LogP contribution in [0.15, 0.2) is 30.3 Å². The van der Waals surface area contributed by atoms with Crippen LogP contribution in [-0.2, 0) is 14.3 Å². The molecule has 1 aromatic rings. The molecule has 0 amide bonds. The molecular formula is C22H25NO5. The van der Waals surface area contributed by atoms with Gasteiger partial charge in [0.15, 0.2) is 11.9 Å². The van der Waals surface area contributed by atoms with E-state index >= 15 is 0 Å². The molecule has 0 heterocycles. The largest absolute Gasteiger partial charge is 0.451 e. The van der Waals surface area contributed by atoms with Crippen LogP contribution in [0.4, 0.5) is 5.69 Å². The summed E-state index contributed by atoms with van der Waals surface area (Å²) in [6.07, 6.45) is 8.54. The zero-order valence-corrected chi connectivity index (χ0v) is 16.0. The summed E-state index contributed by atoms with van der Waals surface area (Å²) in [5.41, 5.74) is 0.199. The first-order valence-electron chi connectivity index (χ1n) is 10.0. The van der Waals surface area contributed by atoms with Crippen molar-refractivity contribution < 1.29 is 19.2 Å². The van der Waals surface area contributed by atoms with E-state index in [9.17, 15) is 19.7 Å². The molecule has 0 aliphatic heterocycles. The van der Waals surface area contributed by atoms with Gasteiger partial charge in [-0.05, 0) is 74.8 Å². The molecule has 0 spiro atoms. The Morgan fingerprint density at radius 2 is 1.79 bits per heavy atom. The minimum Gasteiger partial charge on any atom is -0.451 e. The van der Waals surface area contributed by atoms with Crippen LogP contribution in [-0.4, -0.2) is 22.8 Å². The zero-order valence-electron chi connectivity index (χ0n) is 16.0. The van der Waals surface area contributed by atoms with Gasteiger partial charge >= 0.3 is 5.97 Å². The van der Waals surface area contributed by atoms with Gasteiger partial charge in [0.05, 0.1) is 4.92 Å². The number of carbonyl (C=O) groups is 2. The van der Waals surface area contributed by atoms with E-state index < -0.39 is 17.0 Å². The van der Waals surface area contributed by atoms with E-state index in [2.05, 4.69) is 0 Å². The van der Waals surface area contributed by atoms with Crippen molar-refractivity contribution >= 4 is 23.5 Å². The van der Waals surface area contributed by atoms with Crippen molar-refractivity contribution in [2.45, 2.75) is 51.6 Å². The molecule has 0 aromatic heterocycles. The average molecular weight is 383 g/mol. The van der Waals surface area contributed by atoms with E-state index in [0.717, 1.165) is 19.3 Å². The Labute approximate surface area is 164 Å². The number of hydrogen-bond donors (Lipinski definition) is 0. The van der Waals surface area contributed by atoms with Gasteiger partial charge in [0.1, 0.15) is 0 Å². The normalized spacial score (nSPS) is 31.7. The summed E-state index contributed by atoms with van der Waals surface area (Å²) in [5, 5.41) is 10.8. The van der Waals surface area contributed by atoms with Crippen LogP contribution >= 0.6 is 0 Å². The standard InChI is InChI=1S/C22H25NO5/c1-14(21(25)22-11-16-7-17(12-22)9-18(8-16)13-22)28-20(24)6-5-15-3-2-4-19(10-15)23(26)27/h2-6,10,14,16-18H,7-9,11-13H2,1H3/b6-5+/t14-,16?,17?,18?,22?/m1/s1. The van der Waals surface area contributed by atoms with Crippen molar-refractivity contribution in [3.05, 3.63) is 46.0 Å². The lowest BCUT2D eigenvalue weighted by molar-refractivity contribution is -0.384. The summed E-state index contributed by atoms with van der Waals surface area (Å²) in [6.45, 7) is 1.67. The highest BCUT2D eigenvalue weighted by Crippen LogP contribution is 2.60. The molecule has 1 atom stereocenters. The molecule has 0 radical (unpaired) electrons. The zero-order chi connectivity index (χ0) is 19.9. The highest BCUT2D eigenvalue weighted by Gasteiger charge is 2.55. The molecule has 4 aliphatic rings. The molecule has 5 rings (SSSR count). The molecule has 1 aromatic carbocycles. The van der Waals surface area contributed by atoms with Gasteiger partial charge in [0.25, 0.3) is 5.69 Å². The Kier molecular flexibility index (Phi) is 4.81. The van der Waals surface area contributed by atoms with E-state index in [-0.39, 0.29) is 16.9 Å². The first-order valence-corrected chi connectivity index (χ1v) is 10.0. The van der Waals surface area contributed by atoms with E-state index in [1.54, 1.807) is 19.1 Å². The molecule has 4 saturated carbocycles. The predicted molar refractivity (Wildman–Crippen MR) is 103 cm³/mol. The van der Waals surface area contributed by atoms with Gasteiger partial charge in [-0.3, -0.25) is 14.9 Å². The SMILES string of the molecule is C[C@@H](OC(=O)/C=C/c1cccc([N+](=O)[O-])c1)C(=O)C12CC3CC(CC(C3)C1)C2. The number of carbonyl (C=O) groups excluding carboxylic acids is 2. The van der Waals surface area contributed by atoms with E-state index in [4.69, 9.17) is 4.74 Å². The number of Topliss-reactive ketones (excluding diaryl/α,β-unsaturated/α-hetero) is 1. The van der Waals surface area contributed by atoms with E-state index in [1.165, 1.54) is 43.5 Å². The lowest BCUT2D eigenvalue weighted by Crippen LogP contribution is -2.52. The number of ketones is 1. The average Bonchev–Trinajstić information content (AvgIpc) is 2.65. The maximum Gasteiger partial charge on any atom is 0.331 e. The number of nitrogens with zero attached hydrogens (tertiary/aromatic N) is 1. The first-order chi connectivity index (χ1) is 13.3. The van der Waals surface area contributed by atoms with Crippen LogP contribution in [0.3, 0.4) is 0 Å². The fourth-order valence-electron chi connectivity index (χ4n) is 6.02. The van der Waals surface area contributed by atoms with Crippen LogP contribution < -0.4 is 0 Å². The van der Waals surface area contributed by atoms with Crippen molar-refractivity contribution in [2.24, 2.45) is 23.2 Å². The van der Waals surface area contributed by atoms with Gasteiger partial charge in [-0.1, -0.05) is 12.1 Å². The van der Waals surface area contributed by atoms with Gasteiger partial charge in [-0.25, -0.2) is 4.79 Å². The van der Waals surface area contributed by atoms with Crippen LogP contribution in [0.5, 0.6) is 0 Å². The second-order valence-corrected chi connectivity index (χ2v) is 8.83. The minimum atomic E-state index is -0.765. The van der Waals surface area contributed by atoms with E-state index in [0.29, 0.717) is 23.3 Å². The lowest BCUT2D eigenvalue weighted by atomic mass is 9.48. The summed E-state index contributed by atoms with van der Waals surface area (Å²) in [5.74, 6) is 1.45. The molecule has 4 bridgehead atoms. The van der Waals surface area contributed by atoms with Crippen molar-refractivity contribution in [3.8, 4) is 0 Å². The van der Waals surface area contributed by atoms with Gasteiger partial charge in [-0.2, -0.15) is 0 Å². The van der Waals surface area contributed by atoms with E-state index in [1.807, 2.05) is 0 Å². The van der Waals surface area contributed by atoms with Crippen LogP contribution in [0.25, 0.3) is 6.08 Å². The fraction of sp³-hybridized carbons (Fsp3) is 0.545. The third-order valence-corrected chi connectivity index (χ3v) is 6.72. The second-order valence-electron chi connectivity index (χ2n) is 8.83. The maximum absolute atomic E-state index is 13.1. The monoisotopic (exact) mass is 383 g/mol. The van der Waals surface area contributed by atoms with Crippen LogP contribution in [0.1, 0.15) is 51.0 Å². The smallest absolute Gasteiger partial charge is 0.331 e. The Morgan fingerprint density at radius 3 is 2.36 bits per heavy atom. The molecule has 0 N–H and O–H groups in total. The first kappa shape index (κ1) is 18.8. The highest BCUT2D eigenvalue weighted by atomic mass is 16.6. The quantitative estimate of drug-likeness (QED) is 0.316. The molecule has 6 nitrogen and oxygen atoms in total.